The minimum Gasteiger partial charge on any atom is -0.497 e. The number of rotatable bonds is 3. The summed E-state index contributed by atoms with van der Waals surface area (Å²) in [5, 5.41) is 0. The van der Waals surface area contributed by atoms with Crippen LogP contribution in [0.3, 0.4) is 0 Å². The number of hydrogen-bond donors (Lipinski definition) is 2. The summed E-state index contributed by atoms with van der Waals surface area (Å²) in [5.74, 6) is 7.46. The number of aryl methyl sites for hydroxylation is 1. The van der Waals surface area contributed by atoms with Crippen molar-refractivity contribution < 1.29 is 4.74 Å². The lowest BCUT2D eigenvalue weighted by atomic mass is 10.1. The topological polar surface area (TPSA) is 73.1 Å². The number of anilines is 1. The summed E-state index contributed by atoms with van der Waals surface area (Å²) in [7, 11) is 1.63. The van der Waals surface area contributed by atoms with Gasteiger partial charge in [0.05, 0.1) is 7.11 Å². The predicted octanol–water partition coefficient (Wildman–Crippen LogP) is 2.82. The number of nitrogen functional groups attached to an aromatic ring is 1. The van der Waals surface area contributed by atoms with Gasteiger partial charge in [-0.05, 0) is 32.0 Å². The van der Waals surface area contributed by atoms with Crippen LogP contribution >= 0.6 is 15.9 Å². The predicted molar refractivity (Wildman–Crippen MR) is 79.0 cm³/mol. The van der Waals surface area contributed by atoms with Crippen molar-refractivity contribution in [2.24, 2.45) is 5.84 Å². The molecule has 0 atom stereocenters. The minimum atomic E-state index is 0.599. The van der Waals surface area contributed by atoms with Gasteiger partial charge in [-0.15, -0.1) is 0 Å². The molecule has 100 valence electrons. The highest BCUT2D eigenvalue weighted by Crippen LogP contribution is 2.31. The van der Waals surface area contributed by atoms with E-state index in [0.29, 0.717) is 11.6 Å². The molecule has 1 aromatic heterocycles. The highest BCUT2D eigenvalue weighted by Gasteiger charge is 2.12. The van der Waals surface area contributed by atoms with Crippen molar-refractivity contribution in [3.63, 3.8) is 0 Å². The summed E-state index contributed by atoms with van der Waals surface area (Å²) in [5.41, 5.74) is 5.27. The summed E-state index contributed by atoms with van der Waals surface area (Å²) >= 11 is 3.50. The highest BCUT2D eigenvalue weighted by molar-refractivity contribution is 9.10. The smallest absolute Gasteiger partial charge is 0.163 e. The van der Waals surface area contributed by atoms with Gasteiger partial charge in [0.25, 0.3) is 0 Å². The number of methoxy groups -OCH3 is 1. The molecule has 0 aliphatic heterocycles. The van der Waals surface area contributed by atoms with Crippen molar-refractivity contribution in [3.8, 4) is 17.1 Å². The third-order valence-electron chi connectivity index (χ3n) is 2.94. The second-order valence-corrected chi connectivity index (χ2v) is 4.95. The zero-order valence-corrected chi connectivity index (χ0v) is 12.6. The van der Waals surface area contributed by atoms with Crippen LogP contribution in [0.4, 0.5) is 5.82 Å². The normalized spacial score (nSPS) is 10.4. The van der Waals surface area contributed by atoms with Crippen LogP contribution in [-0.4, -0.2) is 17.1 Å². The van der Waals surface area contributed by atoms with Crippen LogP contribution in [0.25, 0.3) is 11.4 Å². The molecule has 0 spiro atoms. The number of nitrogens with one attached hydrogen (secondary N) is 1. The molecule has 2 rings (SSSR count). The van der Waals surface area contributed by atoms with Crippen molar-refractivity contribution in [1.82, 2.24) is 9.97 Å². The maximum absolute atomic E-state index is 5.48. The van der Waals surface area contributed by atoms with Gasteiger partial charge in [-0.25, -0.2) is 15.8 Å². The van der Waals surface area contributed by atoms with Gasteiger partial charge < -0.3 is 10.2 Å². The molecular formula is C13H15BrN4O. The summed E-state index contributed by atoms with van der Waals surface area (Å²) < 4.78 is 6.13. The van der Waals surface area contributed by atoms with Crippen molar-refractivity contribution in [2.45, 2.75) is 13.8 Å². The fraction of sp³-hybridized carbons (Fsp3) is 0.231. The number of nitrogens with two attached hydrogens (primary N) is 1. The summed E-state index contributed by atoms with van der Waals surface area (Å²) in [6.07, 6.45) is 0. The van der Waals surface area contributed by atoms with E-state index >= 15 is 0 Å². The molecule has 0 saturated heterocycles. The molecule has 0 fully saturated rings. The minimum absolute atomic E-state index is 0.599. The Bertz CT molecular complexity index is 616. The quantitative estimate of drug-likeness (QED) is 0.671. The van der Waals surface area contributed by atoms with Crippen LogP contribution in [0, 0.1) is 13.8 Å². The number of hydrazine groups is 1. The Morgan fingerprint density at radius 1 is 1.26 bits per heavy atom. The Morgan fingerprint density at radius 2 is 2.00 bits per heavy atom. The highest BCUT2D eigenvalue weighted by atomic mass is 79.9. The molecular weight excluding hydrogens is 308 g/mol. The second kappa shape index (κ2) is 5.54. The molecule has 1 aromatic carbocycles. The standard InChI is InChI=1S/C13H15BrN4O/c1-7-8(2)16-13(17-12(7)18-15)10-6-9(19-3)4-5-11(10)14/h4-6H,15H2,1-3H3,(H,16,17,18). The van der Waals surface area contributed by atoms with E-state index in [1.54, 1.807) is 7.11 Å². The molecule has 0 amide bonds. The van der Waals surface area contributed by atoms with Gasteiger partial charge in [-0.2, -0.15) is 0 Å². The maximum atomic E-state index is 5.48. The van der Waals surface area contributed by atoms with E-state index in [4.69, 9.17) is 10.6 Å². The maximum Gasteiger partial charge on any atom is 0.163 e. The van der Waals surface area contributed by atoms with Gasteiger partial charge in [0.15, 0.2) is 5.82 Å². The lowest BCUT2D eigenvalue weighted by Gasteiger charge is -2.11. The average Bonchev–Trinajstić information content (AvgIpc) is 2.42. The van der Waals surface area contributed by atoms with Crippen molar-refractivity contribution in [3.05, 3.63) is 33.9 Å². The zero-order valence-electron chi connectivity index (χ0n) is 11.0. The Hall–Kier alpha value is -1.66. The van der Waals surface area contributed by atoms with Crippen LogP contribution in [0.1, 0.15) is 11.3 Å². The van der Waals surface area contributed by atoms with Crippen LogP contribution in [-0.2, 0) is 0 Å². The summed E-state index contributed by atoms with van der Waals surface area (Å²) in [6, 6.07) is 5.66. The van der Waals surface area contributed by atoms with Crippen LogP contribution in [0.5, 0.6) is 5.75 Å². The third kappa shape index (κ3) is 2.69. The average molecular weight is 323 g/mol. The summed E-state index contributed by atoms with van der Waals surface area (Å²) in [6.45, 7) is 3.85. The van der Waals surface area contributed by atoms with E-state index < -0.39 is 0 Å². The van der Waals surface area contributed by atoms with Crippen LogP contribution < -0.4 is 16.0 Å². The number of ether oxygens (including phenoxy) is 1. The van der Waals surface area contributed by atoms with Gasteiger partial charge in [-0.1, -0.05) is 15.9 Å². The molecule has 0 radical (unpaired) electrons. The fourth-order valence-corrected chi connectivity index (χ4v) is 2.12. The first kappa shape index (κ1) is 13.8. The molecule has 2 aromatic rings. The van der Waals surface area contributed by atoms with E-state index in [9.17, 15) is 0 Å². The van der Waals surface area contributed by atoms with Crippen LogP contribution in [0.15, 0.2) is 22.7 Å². The molecule has 0 aliphatic rings. The molecule has 3 N–H and O–H groups in total. The number of nitrogens with zero attached hydrogens (tertiary/aromatic N) is 2. The Kier molecular flexibility index (Phi) is 4.01. The molecule has 1 heterocycles. The van der Waals surface area contributed by atoms with Crippen LogP contribution in [0.2, 0.25) is 0 Å². The lowest BCUT2D eigenvalue weighted by Crippen LogP contribution is -2.12. The van der Waals surface area contributed by atoms with E-state index in [1.165, 1.54) is 0 Å². The second-order valence-electron chi connectivity index (χ2n) is 4.10. The van der Waals surface area contributed by atoms with E-state index in [1.807, 2.05) is 32.0 Å². The summed E-state index contributed by atoms with van der Waals surface area (Å²) in [4.78, 5) is 8.92. The van der Waals surface area contributed by atoms with Crippen molar-refractivity contribution >= 4 is 21.7 Å². The number of aromatic nitrogens is 2. The van der Waals surface area contributed by atoms with E-state index in [2.05, 4.69) is 31.3 Å². The monoisotopic (exact) mass is 322 g/mol. The lowest BCUT2D eigenvalue weighted by molar-refractivity contribution is 0.415. The van der Waals surface area contributed by atoms with E-state index in [-0.39, 0.29) is 0 Å². The van der Waals surface area contributed by atoms with Gasteiger partial charge in [0.2, 0.25) is 0 Å². The Balaban J connectivity index is 2.61. The van der Waals surface area contributed by atoms with Gasteiger partial charge >= 0.3 is 0 Å². The largest absolute Gasteiger partial charge is 0.497 e. The molecule has 5 nitrogen and oxygen atoms in total. The first-order valence-electron chi connectivity index (χ1n) is 5.72. The fourth-order valence-electron chi connectivity index (χ4n) is 1.69. The van der Waals surface area contributed by atoms with Gasteiger partial charge in [0, 0.05) is 21.3 Å². The molecule has 0 saturated carbocycles. The Labute approximate surface area is 120 Å². The third-order valence-corrected chi connectivity index (χ3v) is 3.63. The zero-order chi connectivity index (χ0) is 14.0. The first-order valence-corrected chi connectivity index (χ1v) is 6.52. The van der Waals surface area contributed by atoms with Crippen molar-refractivity contribution in [1.29, 1.82) is 0 Å². The van der Waals surface area contributed by atoms with E-state index in [0.717, 1.165) is 27.0 Å². The number of hydrogen-bond acceptors (Lipinski definition) is 5. The molecule has 0 aliphatic carbocycles. The molecule has 0 bridgehead atoms. The molecule has 0 unspecified atom stereocenters. The SMILES string of the molecule is COc1ccc(Br)c(-c2nc(C)c(C)c(NN)n2)c1. The molecule has 19 heavy (non-hydrogen) atoms. The van der Waals surface area contributed by atoms with Crippen molar-refractivity contribution in [2.75, 3.05) is 12.5 Å². The number of halogens is 1. The molecule has 6 heteroatoms. The Morgan fingerprint density at radius 3 is 2.63 bits per heavy atom. The number of benzene rings is 1. The van der Waals surface area contributed by atoms with Gasteiger partial charge in [0.1, 0.15) is 11.6 Å². The van der Waals surface area contributed by atoms with Gasteiger partial charge in [-0.3, -0.25) is 0 Å². The first-order chi connectivity index (χ1) is 9.06.